The van der Waals surface area contributed by atoms with Gasteiger partial charge in [0, 0.05) is 23.4 Å². The molecule has 0 aromatic carbocycles. The standard InChI is InChI=1S/C11H8BrF2N3/c12-8-2-10(14)11(17-5-8)16-4-7-1-9(13)6-15-3-7/h1-3,5-6H,4H2,(H,16,17). The van der Waals surface area contributed by atoms with Crippen LogP contribution >= 0.6 is 15.9 Å². The Labute approximate surface area is 105 Å². The van der Waals surface area contributed by atoms with E-state index >= 15 is 0 Å². The lowest BCUT2D eigenvalue weighted by molar-refractivity contribution is 0.617. The lowest BCUT2D eigenvalue weighted by atomic mass is 10.3. The Morgan fingerprint density at radius 1 is 1.18 bits per heavy atom. The van der Waals surface area contributed by atoms with Gasteiger partial charge in [0.2, 0.25) is 0 Å². The van der Waals surface area contributed by atoms with Gasteiger partial charge >= 0.3 is 0 Å². The second-order valence-corrected chi connectivity index (χ2v) is 4.26. The van der Waals surface area contributed by atoms with Crippen molar-refractivity contribution in [1.29, 1.82) is 0 Å². The van der Waals surface area contributed by atoms with Crippen LogP contribution in [0.25, 0.3) is 0 Å². The second kappa shape index (κ2) is 5.18. The van der Waals surface area contributed by atoms with Crippen molar-refractivity contribution >= 4 is 21.7 Å². The molecular formula is C11H8BrF2N3. The largest absolute Gasteiger partial charge is 0.364 e. The summed E-state index contributed by atoms with van der Waals surface area (Å²) in [5.74, 6) is -0.769. The number of pyridine rings is 2. The Hall–Kier alpha value is -1.56. The maximum Gasteiger partial charge on any atom is 0.166 e. The highest BCUT2D eigenvalue weighted by Crippen LogP contribution is 2.16. The molecule has 6 heteroatoms. The summed E-state index contributed by atoms with van der Waals surface area (Å²) in [5.41, 5.74) is 0.620. The number of hydrogen-bond donors (Lipinski definition) is 1. The first-order valence-electron chi connectivity index (χ1n) is 4.79. The van der Waals surface area contributed by atoms with Gasteiger partial charge in [-0.3, -0.25) is 4.98 Å². The summed E-state index contributed by atoms with van der Waals surface area (Å²) in [4.78, 5) is 7.56. The predicted molar refractivity (Wildman–Crippen MR) is 63.4 cm³/mol. The van der Waals surface area contributed by atoms with E-state index in [1.165, 1.54) is 24.5 Å². The highest BCUT2D eigenvalue weighted by Gasteiger charge is 2.04. The van der Waals surface area contributed by atoms with E-state index < -0.39 is 11.6 Å². The summed E-state index contributed by atoms with van der Waals surface area (Å²) < 4.78 is 26.8. The molecule has 88 valence electrons. The Morgan fingerprint density at radius 3 is 2.71 bits per heavy atom. The third kappa shape index (κ3) is 3.20. The molecule has 0 radical (unpaired) electrons. The van der Waals surface area contributed by atoms with Crippen LogP contribution in [0, 0.1) is 11.6 Å². The van der Waals surface area contributed by atoms with Crippen molar-refractivity contribution in [3.63, 3.8) is 0 Å². The summed E-state index contributed by atoms with van der Waals surface area (Å²) in [6.45, 7) is 0.260. The highest BCUT2D eigenvalue weighted by molar-refractivity contribution is 9.10. The van der Waals surface area contributed by atoms with Gasteiger partial charge in [0.15, 0.2) is 11.6 Å². The number of anilines is 1. The molecule has 0 fully saturated rings. The first kappa shape index (κ1) is 11.9. The monoisotopic (exact) mass is 299 g/mol. The summed E-state index contributed by atoms with van der Waals surface area (Å²) >= 11 is 3.11. The molecule has 0 saturated carbocycles. The number of nitrogens with zero attached hydrogens (tertiary/aromatic N) is 2. The molecule has 0 amide bonds. The predicted octanol–water partition coefficient (Wildman–Crippen LogP) is 3.13. The molecule has 2 aromatic heterocycles. The van der Waals surface area contributed by atoms with Crippen LogP contribution in [-0.4, -0.2) is 9.97 Å². The van der Waals surface area contributed by atoms with E-state index in [9.17, 15) is 8.78 Å². The van der Waals surface area contributed by atoms with Crippen molar-refractivity contribution in [2.75, 3.05) is 5.32 Å². The molecule has 0 aliphatic carbocycles. The van der Waals surface area contributed by atoms with Crippen molar-refractivity contribution in [1.82, 2.24) is 9.97 Å². The smallest absolute Gasteiger partial charge is 0.166 e. The van der Waals surface area contributed by atoms with E-state index in [2.05, 4.69) is 31.2 Å². The number of aromatic nitrogens is 2. The van der Waals surface area contributed by atoms with Crippen LogP contribution in [0.1, 0.15) is 5.56 Å². The quantitative estimate of drug-likeness (QED) is 0.946. The van der Waals surface area contributed by atoms with Crippen LogP contribution in [0.3, 0.4) is 0 Å². The molecule has 1 N–H and O–H groups in total. The SMILES string of the molecule is Fc1cncc(CNc2ncc(Br)cc2F)c1. The molecule has 0 aliphatic heterocycles. The van der Waals surface area contributed by atoms with E-state index in [-0.39, 0.29) is 12.4 Å². The lowest BCUT2D eigenvalue weighted by Gasteiger charge is -2.06. The summed E-state index contributed by atoms with van der Waals surface area (Å²) in [6.07, 6.45) is 4.10. The maximum absolute atomic E-state index is 13.4. The van der Waals surface area contributed by atoms with Crippen LogP contribution in [0.2, 0.25) is 0 Å². The van der Waals surface area contributed by atoms with E-state index in [0.29, 0.717) is 10.0 Å². The van der Waals surface area contributed by atoms with Gasteiger partial charge in [0.25, 0.3) is 0 Å². The number of hydrogen-bond acceptors (Lipinski definition) is 3. The van der Waals surface area contributed by atoms with Gasteiger partial charge in [-0.05, 0) is 33.6 Å². The van der Waals surface area contributed by atoms with Crippen molar-refractivity contribution in [3.8, 4) is 0 Å². The van der Waals surface area contributed by atoms with Crippen LogP contribution in [-0.2, 0) is 6.54 Å². The zero-order valence-corrected chi connectivity index (χ0v) is 10.2. The fraction of sp³-hybridized carbons (Fsp3) is 0.0909. The average molecular weight is 300 g/mol. The number of halogens is 3. The molecule has 2 heterocycles. The minimum atomic E-state index is -0.469. The Morgan fingerprint density at radius 2 is 2.00 bits per heavy atom. The molecule has 17 heavy (non-hydrogen) atoms. The summed E-state index contributed by atoms with van der Waals surface area (Å²) in [5, 5.41) is 2.77. The fourth-order valence-corrected chi connectivity index (χ4v) is 1.59. The minimum Gasteiger partial charge on any atom is -0.364 e. The molecule has 0 unspecified atom stereocenters. The van der Waals surface area contributed by atoms with Crippen molar-refractivity contribution < 1.29 is 8.78 Å². The van der Waals surface area contributed by atoms with E-state index in [4.69, 9.17) is 0 Å². The number of rotatable bonds is 3. The van der Waals surface area contributed by atoms with Crippen molar-refractivity contribution in [2.45, 2.75) is 6.54 Å². The van der Waals surface area contributed by atoms with Gasteiger partial charge in [-0.15, -0.1) is 0 Å². The zero-order chi connectivity index (χ0) is 12.3. The average Bonchev–Trinajstić information content (AvgIpc) is 2.28. The molecule has 0 saturated heterocycles. The van der Waals surface area contributed by atoms with Gasteiger partial charge in [0.1, 0.15) is 5.82 Å². The Kier molecular flexibility index (Phi) is 3.63. The summed E-state index contributed by atoms with van der Waals surface area (Å²) in [6, 6.07) is 2.63. The van der Waals surface area contributed by atoms with Crippen LogP contribution in [0.4, 0.5) is 14.6 Å². The second-order valence-electron chi connectivity index (χ2n) is 3.35. The third-order valence-corrected chi connectivity index (χ3v) is 2.46. The molecule has 0 aliphatic rings. The van der Waals surface area contributed by atoms with E-state index in [0.717, 1.165) is 6.20 Å². The van der Waals surface area contributed by atoms with Gasteiger partial charge in [-0.1, -0.05) is 0 Å². The molecule has 0 bridgehead atoms. The first-order valence-corrected chi connectivity index (χ1v) is 5.59. The zero-order valence-electron chi connectivity index (χ0n) is 8.62. The Bertz CT molecular complexity index is 534. The van der Waals surface area contributed by atoms with Crippen molar-refractivity contribution in [2.24, 2.45) is 0 Å². The minimum absolute atomic E-state index is 0.123. The van der Waals surface area contributed by atoms with Gasteiger partial charge < -0.3 is 5.32 Å². The first-order chi connectivity index (χ1) is 8.15. The molecule has 0 spiro atoms. The fourth-order valence-electron chi connectivity index (χ4n) is 1.28. The third-order valence-electron chi connectivity index (χ3n) is 2.03. The molecule has 2 aromatic rings. The normalized spacial score (nSPS) is 10.3. The molecule has 2 rings (SSSR count). The van der Waals surface area contributed by atoms with Crippen LogP contribution in [0.5, 0.6) is 0 Å². The Balaban J connectivity index is 2.07. The van der Waals surface area contributed by atoms with Gasteiger partial charge in [-0.25, -0.2) is 13.8 Å². The summed E-state index contributed by atoms with van der Waals surface area (Å²) in [7, 11) is 0. The lowest BCUT2D eigenvalue weighted by Crippen LogP contribution is -2.04. The van der Waals surface area contributed by atoms with Crippen LogP contribution < -0.4 is 5.32 Å². The van der Waals surface area contributed by atoms with E-state index in [1.54, 1.807) is 0 Å². The topological polar surface area (TPSA) is 37.8 Å². The van der Waals surface area contributed by atoms with E-state index in [1.807, 2.05) is 0 Å². The highest BCUT2D eigenvalue weighted by atomic mass is 79.9. The molecule has 3 nitrogen and oxygen atoms in total. The molecule has 0 atom stereocenters. The van der Waals surface area contributed by atoms with Gasteiger partial charge in [-0.2, -0.15) is 0 Å². The maximum atomic E-state index is 13.4. The number of nitrogens with one attached hydrogen (secondary N) is 1. The van der Waals surface area contributed by atoms with Crippen molar-refractivity contribution in [3.05, 3.63) is 52.4 Å². The molecular weight excluding hydrogens is 292 g/mol. The van der Waals surface area contributed by atoms with Crippen LogP contribution in [0.15, 0.2) is 35.2 Å². The van der Waals surface area contributed by atoms with Gasteiger partial charge in [0.05, 0.1) is 6.20 Å².